The molecule has 4 aromatic heterocycles. The van der Waals surface area contributed by atoms with E-state index in [1.54, 1.807) is 0 Å². The van der Waals surface area contributed by atoms with Gasteiger partial charge in [-0.3, -0.25) is 0 Å². The molecule has 5 heteroatoms. The van der Waals surface area contributed by atoms with Crippen molar-refractivity contribution in [2.24, 2.45) is 0 Å². The molecule has 0 unspecified atom stereocenters. The van der Waals surface area contributed by atoms with E-state index in [9.17, 15) is 0 Å². The minimum Gasteiger partial charge on any atom is -0.300 e. The van der Waals surface area contributed by atoms with Crippen LogP contribution in [-0.4, -0.2) is 19.5 Å². The fourth-order valence-corrected chi connectivity index (χ4v) is 10.0. The Kier molecular flexibility index (Phi) is 9.02. The number of allylic oxidation sites excluding steroid dienone is 1. The second-order valence-electron chi connectivity index (χ2n) is 15.1. The van der Waals surface area contributed by atoms with Gasteiger partial charge in [-0.25, -0.2) is 15.0 Å². The van der Waals surface area contributed by atoms with E-state index in [1.165, 1.54) is 43.0 Å². The number of hydrogen-bond acceptors (Lipinski definition) is 4. The third-order valence-corrected chi connectivity index (χ3v) is 12.7. The summed E-state index contributed by atoms with van der Waals surface area (Å²) in [5.74, 6) is 0.708. The lowest BCUT2D eigenvalue weighted by Crippen LogP contribution is -1.95. The molecule has 0 fully saturated rings. The zero-order chi connectivity index (χ0) is 40.9. The first-order valence-electron chi connectivity index (χ1n) is 20.5. The molecule has 0 saturated carbocycles. The van der Waals surface area contributed by atoms with Crippen LogP contribution in [0.2, 0.25) is 0 Å². The molecule has 4 nitrogen and oxygen atoms in total. The topological polar surface area (TPSA) is 43.6 Å². The third kappa shape index (κ3) is 6.26. The number of aromatic nitrogens is 4. The van der Waals surface area contributed by atoms with Gasteiger partial charge in [-0.05, 0) is 47.7 Å². The lowest BCUT2D eigenvalue weighted by Gasteiger charge is -2.12. The molecule has 11 aromatic rings. The molecule has 0 aliphatic carbocycles. The van der Waals surface area contributed by atoms with Crippen LogP contribution >= 0.6 is 11.3 Å². The molecule has 0 spiro atoms. The van der Waals surface area contributed by atoms with Crippen molar-refractivity contribution in [3.05, 3.63) is 206 Å². The molecule has 4 heterocycles. The standard InChI is InChI=1S/C56H38N4S/c1-3-16-44-46(4-2)57-53(54-51(44)52-45-24-13-14-25-50(45)60(56(52)61-54)49-26-15-22-38-17-11-12-23-43(38)49)41-33-29-37(30-34-41)36-27-31-40(32-28-36)48-35-47(39-18-7-5-8-19-39)58-55(59-48)42-20-9-6-10-21-42/h3-35H,2H2,1H3/b16-3-. The first kappa shape index (κ1) is 36.4. The minimum absolute atomic E-state index is 0.708. The van der Waals surface area contributed by atoms with Gasteiger partial charge >= 0.3 is 0 Å². The average Bonchev–Trinajstić information content (AvgIpc) is 3.87. The lowest BCUT2D eigenvalue weighted by atomic mass is 9.98. The Balaban J connectivity index is 1.02. The van der Waals surface area contributed by atoms with E-state index in [-0.39, 0.29) is 0 Å². The normalized spacial score (nSPS) is 11.7. The van der Waals surface area contributed by atoms with Crippen molar-refractivity contribution in [2.45, 2.75) is 6.92 Å². The van der Waals surface area contributed by atoms with Crippen LogP contribution < -0.4 is 0 Å². The number of fused-ring (bicyclic) bond motifs is 6. The number of benzene rings is 7. The molecule has 0 N–H and O–H groups in total. The maximum atomic E-state index is 5.34. The van der Waals surface area contributed by atoms with Crippen molar-refractivity contribution in [3.8, 4) is 62.0 Å². The van der Waals surface area contributed by atoms with Crippen LogP contribution in [-0.2, 0) is 0 Å². The Labute approximate surface area is 358 Å². The van der Waals surface area contributed by atoms with Crippen LogP contribution in [0.15, 0.2) is 195 Å². The van der Waals surface area contributed by atoms with E-state index >= 15 is 0 Å². The van der Waals surface area contributed by atoms with E-state index in [0.29, 0.717) is 5.82 Å². The van der Waals surface area contributed by atoms with Gasteiger partial charge in [0.15, 0.2) is 5.82 Å². The van der Waals surface area contributed by atoms with E-state index in [2.05, 4.69) is 176 Å². The maximum absolute atomic E-state index is 5.34. The van der Waals surface area contributed by atoms with Gasteiger partial charge in [0.1, 0.15) is 4.83 Å². The first-order valence-corrected chi connectivity index (χ1v) is 21.3. The zero-order valence-corrected chi connectivity index (χ0v) is 34.3. The van der Waals surface area contributed by atoms with Gasteiger partial charge in [-0.1, -0.05) is 183 Å². The van der Waals surface area contributed by atoms with E-state index in [4.69, 9.17) is 15.0 Å². The predicted octanol–water partition coefficient (Wildman–Crippen LogP) is 15.3. The maximum Gasteiger partial charge on any atom is 0.160 e. The number of para-hydroxylation sites is 1. The molecule has 11 rings (SSSR count). The Morgan fingerprint density at radius 3 is 1.79 bits per heavy atom. The quantitative estimate of drug-likeness (QED) is 0.154. The third-order valence-electron chi connectivity index (χ3n) is 11.5. The SMILES string of the molecule is C=Cc1nc(-c2ccc(-c3ccc(-c4cc(-c5ccccc5)nc(-c5ccccc5)n4)cc3)cc2)c2sc3c(c4ccccc4n3-c3cccc4ccccc34)c2c1/C=C\C. The molecule has 0 atom stereocenters. The van der Waals surface area contributed by atoms with Crippen molar-refractivity contribution in [2.75, 3.05) is 0 Å². The molecule has 0 aliphatic heterocycles. The molecule has 0 aliphatic rings. The van der Waals surface area contributed by atoms with Gasteiger partial charge in [0.2, 0.25) is 0 Å². The summed E-state index contributed by atoms with van der Waals surface area (Å²) in [6, 6.07) is 64.1. The largest absolute Gasteiger partial charge is 0.300 e. The molecule has 0 amide bonds. The molecular formula is C56H38N4S. The lowest BCUT2D eigenvalue weighted by molar-refractivity contribution is 1.18. The molecule has 0 bridgehead atoms. The Morgan fingerprint density at radius 2 is 1.10 bits per heavy atom. The van der Waals surface area contributed by atoms with Crippen LogP contribution in [0.4, 0.5) is 0 Å². The predicted molar refractivity (Wildman–Crippen MR) is 259 cm³/mol. The van der Waals surface area contributed by atoms with Gasteiger partial charge in [0.25, 0.3) is 0 Å². The average molecular weight is 799 g/mol. The summed E-state index contributed by atoms with van der Waals surface area (Å²) < 4.78 is 3.61. The number of nitrogens with zero attached hydrogens (tertiary/aromatic N) is 4. The number of rotatable bonds is 8. The van der Waals surface area contributed by atoms with Gasteiger partial charge in [-0.15, -0.1) is 11.3 Å². The summed E-state index contributed by atoms with van der Waals surface area (Å²) >= 11 is 1.82. The van der Waals surface area contributed by atoms with Crippen LogP contribution in [0.25, 0.3) is 116 Å². The molecule has 288 valence electrons. The molecule has 7 aromatic carbocycles. The van der Waals surface area contributed by atoms with Gasteiger partial charge in [0.05, 0.1) is 38.7 Å². The van der Waals surface area contributed by atoms with Gasteiger partial charge in [-0.2, -0.15) is 0 Å². The van der Waals surface area contributed by atoms with Crippen LogP contribution in [0, 0.1) is 0 Å². The van der Waals surface area contributed by atoms with E-state index in [0.717, 1.165) is 66.4 Å². The number of thiophene rings is 1. The molecule has 0 radical (unpaired) electrons. The van der Waals surface area contributed by atoms with Crippen LogP contribution in [0.3, 0.4) is 0 Å². The van der Waals surface area contributed by atoms with Crippen molar-refractivity contribution in [3.63, 3.8) is 0 Å². The summed E-state index contributed by atoms with van der Waals surface area (Å²) in [6.07, 6.45) is 6.18. The Hall–Kier alpha value is -7.73. The smallest absolute Gasteiger partial charge is 0.160 e. The van der Waals surface area contributed by atoms with Crippen LogP contribution in [0.1, 0.15) is 18.2 Å². The highest BCUT2D eigenvalue weighted by molar-refractivity contribution is 7.26. The second-order valence-corrected chi connectivity index (χ2v) is 16.1. The minimum atomic E-state index is 0.708. The van der Waals surface area contributed by atoms with Gasteiger partial charge in [0, 0.05) is 49.4 Å². The Bertz CT molecular complexity index is 3410. The van der Waals surface area contributed by atoms with Crippen LogP contribution in [0.5, 0.6) is 0 Å². The highest BCUT2D eigenvalue weighted by Gasteiger charge is 2.24. The monoisotopic (exact) mass is 798 g/mol. The van der Waals surface area contributed by atoms with Crippen molar-refractivity contribution in [1.29, 1.82) is 0 Å². The second kappa shape index (κ2) is 15.1. The van der Waals surface area contributed by atoms with Crippen molar-refractivity contribution < 1.29 is 0 Å². The highest BCUT2D eigenvalue weighted by Crippen LogP contribution is 2.48. The van der Waals surface area contributed by atoms with Crippen molar-refractivity contribution in [1.82, 2.24) is 19.5 Å². The molecule has 0 saturated heterocycles. The number of pyridine rings is 1. The summed E-state index contributed by atoms with van der Waals surface area (Å²) in [5.41, 5.74) is 13.5. The fraction of sp³-hybridized carbons (Fsp3) is 0.0179. The van der Waals surface area contributed by atoms with Crippen molar-refractivity contribution >= 4 is 65.5 Å². The summed E-state index contributed by atoms with van der Waals surface area (Å²) in [7, 11) is 0. The molecule has 61 heavy (non-hydrogen) atoms. The zero-order valence-electron chi connectivity index (χ0n) is 33.5. The first-order chi connectivity index (χ1) is 30.2. The molecular weight excluding hydrogens is 761 g/mol. The Morgan fingerprint density at radius 1 is 0.525 bits per heavy atom. The highest BCUT2D eigenvalue weighted by atomic mass is 32.1. The summed E-state index contributed by atoms with van der Waals surface area (Å²) in [6.45, 7) is 6.31. The van der Waals surface area contributed by atoms with E-state index < -0.39 is 0 Å². The van der Waals surface area contributed by atoms with Gasteiger partial charge < -0.3 is 4.57 Å². The summed E-state index contributed by atoms with van der Waals surface area (Å²) in [5, 5.41) is 6.12. The fourth-order valence-electron chi connectivity index (χ4n) is 8.65. The van der Waals surface area contributed by atoms with E-state index in [1.807, 2.05) is 53.8 Å². The summed E-state index contributed by atoms with van der Waals surface area (Å²) in [4.78, 5) is 16.5. The number of hydrogen-bond donors (Lipinski definition) is 0.